The SMILES string of the molecule is Cc1oc(CCO)nc1C1CCSCC1. The summed E-state index contributed by atoms with van der Waals surface area (Å²) in [6.07, 6.45) is 2.94. The highest BCUT2D eigenvalue weighted by molar-refractivity contribution is 7.99. The topological polar surface area (TPSA) is 46.3 Å². The molecule has 0 saturated carbocycles. The van der Waals surface area contributed by atoms with Crippen LogP contribution in [0.4, 0.5) is 0 Å². The van der Waals surface area contributed by atoms with E-state index in [-0.39, 0.29) is 6.61 Å². The van der Waals surface area contributed by atoms with E-state index in [2.05, 4.69) is 4.98 Å². The third-order valence-electron chi connectivity index (χ3n) is 2.81. The number of nitrogens with zero attached hydrogens (tertiary/aromatic N) is 1. The molecule has 1 aromatic heterocycles. The minimum Gasteiger partial charge on any atom is -0.446 e. The van der Waals surface area contributed by atoms with Crippen LogP contribution < -0.4 is 0 Å². The maximum Gasteiger partial charge on any atom is 0.196 e. The standard InChI is InChI=1S/C11H17NO2S/c1-8-11(9-3-6-15-7-4-9)12-10(14-8)2-5-13/h9,13H,2-7H2,1H3. The van der Waals surface area contributed by atoms with Crippen LogP contribution in [0.2, 0.25) is 0 Å². The number of aliphatic hydroxyl groups is 1. The molecule has 0 aromatic carbocycles. The average molecular weight is 227 g/mol. The molecule has 0 aliphatic carbocycles. The number of oxazole rings is 1. The van der Waals surface area contributed by atoms with Crippen LogP contribution in [0, 0.1) is 6.92 Å². The van der Waals surface area contributed by atoms with Crippen molar-refractivity contribution in [3.8, 4) is 0 Å². The highest BCUT2D eigenvalue weighted by atomic mass is 32.2. The summed E-state index contributed by atoms with van der Waals surface area (Å²) in [7, 11) is 0. The first-order valence-electron chi connectivity index (χ1n) is 5.46. The number of hydrogen-bond acceptors (Lipinski definition) is 4. The van der Waals surface area contributed by atoms with Crippen molar-refractivity contribution in [2.75, 3.05) is 18.1 Å². The van der Waals surface area contributed by atoms with Gasteiger partial charge in [0.25, 0.3) is 0 Å². The van der Waals surface area contributed by atoms with E-state index in [9.17, 15) is 0 Å². The molecule has 0 bridgehead atoms. The lowest BCUT2D eigenvalue weighted by molar-refractivity contribution is 0.284. The highest BCUT2D eigenvalue weighted by Gasteiger charge is 2.22. The quantitative estimate of drug-likeness (QED) is 0.859. The van der Waals surface area contributed by atoms with Crippen molar-refractivity contribution in [2.24, 2.45) is 0 Å². The van der Waals surface area contributed by atoms with E-state index < -0.39 is 0 Å². The van der Waals surface area contributed by atoms with Gasteiger partial charge in [-0.1, -0.05) is 0 Å². The van der Waals surface area contributed by atoms with E-state index in [1.165, 1.54) is 24.3 Å². The second-order valence-electron chi connectivity index (χ2n) is 3.91. The zero-order chi connectivity index (χ0) is 10.7. The fourth-order valence-corrected chi connectivity index (χ4v) is 3.12. The van der Waals surface area contributed by atoms with Gasteiger partial charge in [-0.2, -0.15) is 11.8 Å². The number of aliphatic hydroxyl groups excluding tert-OH is 1. The molecule has 0 atom stereocenters. The van der Waals surface area contributed by atoms with Crippen molar-refractivity contribution >= 4 is 11.8 Å². The lowest BCUT2D eigenvalue weighted by Crippen LogP contribution is -2.09. The van der Waals surface area contributed by atoms with Gasteiger partial charge in [0, 0.05) is 12.3 Å². The van der Waals surface area contributed by atoms with Crippen LogP contribution in [0.1, 0.15) is 36.1 Å². The second kappa shape index (κ2) is 5.03. The molecule has 0 unspecified atom stereocenters. The molecule has 15 heavy (non-hydrogen) atoms. The van der Waals surface area contributed by atoms with Crippen molar-refractivity contribution in [1.82, 2.24) is 4.98 Å². The van der Waals surface area contributed by atoms with Crippen LogP contribution >= 0.6 is 11.8 Å². The Morgan fingerprint density at radius 2 is 2.20 bits per heavy atom. The number of hydrogen-bond donors (Lipinski definition) is 1. The molecule has 1 N–H and O–H groups in total. The zero-order valence-corrected chi connectivity index (χ0v) is 9.85. The Balaban J connectivity index is 2.11. The normalized spacial score (nSPS) is 18.3. The van der Waals surface area contributed by atoms with E-state index in [0.717, 1.165) is 11.5 Å². The van der Waals surface area contributed by atoms with Crippen molar-refractivity contribution in [3.05, 3.63) is 17.3 Å². The van der Waals surface area contributed by atoms with Crippen LogP contribution in [0.5, 0.6) is 0 Å². The molecule has 2 rings (SSSR count). The molecule has 1 aliphatic heterocycles. The second-order valence-corrected chi connectivity index (χ2v) is 5.13. The molecule has 0 spiro atoms. The Morgan fingerprint density at radius 1 is 1.47 bits per heavy atom. The first-order valence-corrected chi connectivity index (χ1v) is 6.61. The maximum atomic E-state index is 8.83. The van der Waals surface area contributed by atoms with Gasteiger partial charge in [0.15, 0.2) is 5.89 Å². The number of thioether (sulfide) groups is 1. The Hall–Kier alpha value is -0.480. The van der Waals surface area contributed by atoms with E-state index in [1.54, 1.807) is 0 Å². The minimum absolute atomic E-state index is 0.111. The third kappa shape index (κ3) is 2.55. The van der Waals surface area contributed by atoms with Gasteiger partial charge in [0.1, 0.15) is 5.76 Å². The molecular formula is C11H17NO2S. The van der Waals surface area contributed by atoms with Crippen LogP contribution in [0.3, 0.4) is 0 Å². The molecule has 1 fully saturated rings. The summed E-state index contributed by atoms with van der Waals surface area (Å²) >= 11 is 2.02. The lowest BCUT2D eigenvalue weighted by Gasteiger charge is -2.19. The van der Waals surface area contributed by atoms with Crippen LogP contribution in [0.15, 0.2) is 4.42 Å². The third-order valence-corrected chi connectivity index (χ3v) is 3.86. The zero-order valence-electron chi connectivity index (χ0n) is 9.03. The summed E-state index contributed by atoms with van der Waals surface area (Å²) in [5, 5.41) is 8.83. The van der Waals surface area contributed by atoms with Gasteiger partial charge >= 0.3 is 0 Å². The Labute approximate surface area is 94.3 Å². The Bertz CT molecular complexity index is 318. The summed E-state index contributed by atoms with van der Waals surface area (Å²) in [4.78, 5) is 4.49. The predicted molar refractivity (Wildman–Crippen MR) is 61.3 cm³/mol. The van der Waals surface area contributed by atoms with Gasteiger partial charge in [-0.05, 0) is 31.3 Å². The molecule has 4 heteroatoms. The number of aryl methyl sites for hydroxylation is 1. The molecule has 0 amide bonds. The lowest BCUT2D eigenvalue weighted by atomic mass is 9.98. The highest BCUT2D eigenvalue weighted by Crippen LogP contribution is 2.32. The molecule has 3 nitrogen and oxygen atoms in total. The summed E-state index contributed by atoms with van der Waals surface area (Å²) in [6, 6.07) is 0. The number of rotatable bonds is 3. The van der Waals surface area contributed by atoms with Crippen molar-refractivity contribution in [1.29, 1.82) is 0 Å². The molecular weight excluding hydrogens is 210 g/mol. The van der Waals surface area contributed by atoms with Crippen LogP contribution in [-0.4, -0.2) is 28.2 Å². The Kier molecular flexibility index (Phi) is 3.70. The van der Waals surface area contributed by atoms with Crippen molar-refractivity contribution in [2.45, 2.75) is 32.1 Å². The first kappa shape index (κ1) is 11.0. The number of aromatic nitrogens is 1. The van der Waals surface area contributed by atoms with Gasteiger partial charge < -0.3 is 9.52 Å². The fourth-order valence-electron chi connectivity index (χ4n) is 2.02. The van der Waals surface area contributed by atoms with Crippen molar-refractivity contribution < 1.29 is 9.52 Å². The predicted octanol–water partition coefficient (Wildman–Crippen LogP) is 2.13. The molecule has 1 aromatic rings. The first-order chi connectivity index (χ1) is 7.31. The van der Waals surface area contributed by atoms with Gasteiger partial charge in [0.05, 0.1) is 12.3 Å². The van der Waals surface area contributed by atoms with E-state index in [4.69, 9.17) is 9.52 Å². The van der Waals surface area contributed by atoms with Crippen molar-refractivity contribution in [3.63, 3.8) is 0 Å². The minimum atomic E-state index is 0.111. The van der Waals surface area contributed by atoms with Gasteiger partial charge in [0.2, 0.25) is 0 Å². The van der Waals surface area contributed by atoms with Gasteiger partial charge in [-0.3, -0.25) is 0 Å². The van der Waals surface area contributed by atoms with Crippen LogP contribution in [0.25, 0.3) is 0 Å². The molecule has 1 saturated heterocycles. The van der Waals surface area contributed by atoms with E-state index in [1.807, 2.05) is 18.7 Å². The van der Waals surface area contributed by atoms with E-state index in [0.29, 0.717) is 18.2 Å². The molecule has 2 heterocycles. The smallest absolute Gasteiger partial charge is 0.196 e. The summed E-state index contributed by atoms with van der Waals surface area (Å²) < 4.78 is 5.53. The summed E-state index contributed by atoms with van der Waals surface area (Å²) in [6.45, 7) is 2.09. The van der Waals surface area contributed by atoms with Crippen LogP contribution in [-0.2, 0) is 6.42 Å². The van der Waals surface area contributed by atoms with E-state index >= 15 is 0 Å². The monoisotopic (exact) mass is 227 g/mol. The summed E-state index contributed by atoms with van der Waals surface area (Å²) in [5.41, 5.74) is 1.12. The molecule has 1 aliphatic rings. The van der Waals surface area contributed by atoms with Gasteiger partial charge in [-0.25, -0.2) is 4.98 Å². The fraction of sp³-hybridized carbons (Fsp3) is 0.727. The summed E-state index contributed by atoms with van der Waals surface area (Å²) in [5.74, 6) is 4.65. The average Bonchev–Trinajstić information content (AvgIpc) is 2.61. The largest absolute Gasteiger partial charge is 0.446 e. The van der Waals surface area contributed by atoms with Gasteiger partial charge in [-0.15, -0.1) is 0 Å². The molecule has 0 radical (unpaired) electrons. The molecule has 84 valence electrons. The maximum absolute atomic E-state index is 8.83. The Morgan fingerprint density at radius 3 is 2.87 bits per heavy atom.